The van der Waals surface area contributed by atoms with Gasteiger partial charge in [0.15, 0.2) is 0 Å². The van der Waals surface area contributed by atoms with Gasteiger partial charge < -0.3 is 9.47 Å². The molecule has 3 nitrogen and oxygen atoms in total. The lowest BCUT2D eigenvalue weighted by molar-refractivity contribution is -0.461. The molecule has 0 saturated carbocycles. The Hall–Kier alpha value is -2.22. The zero-order chi connectivity index (χ0) is 32.0. The van der Waals surface area contributed by atoms with Crippen molar-refractivity contribution < 1.29 is 88.9 Å². The van der Waals surface area contributed by atoms with Gasteiger partial charge in [0.2, 0.25) is 0 Å². The van der Waals surface area contributed by atoms with Crippen LogP contribution < -0.4 is 4.74 Å². The normalized spacial score (nSPS) is 14.8. The standard InChI is InChI=1S/C19H12BrF17O3/c1-2-39-11(38)8-3-4-10(9(20)7-8)40-6-5-12(21,22)13(23,24)14(25,26)15(27,28)16(29,30)17(31,32)18(33,34)19(35,36)37/h3-4,7H,2,5-6H2,1H3. The Morgan fingerprint density at radius 2 is 1.12 bits per heavy atom. The molecule has 1 rings (SSSR count). The Balaban J connectivity index is 3.29. The van der Waals surface area contributed by atoms with Crippen molar-refractivity contribution >= 4 is 21.9 Å². The van der Waals surface area contributed by atoms with Crippen molar-refractivity contribution in [2.75, 3.05) is 13.2 Å². The minimum atomic E-state index is -8.68. The summed E-state index contributed by atoms with van der Waals surface area (Å²) in [6, 6.07) is 2.64. The van der Waals surface area contributed by atoms with Crippen molar-refractivity contribution in [3.8, 4) is 5.75 Å². The molecule has 0 heterocycles. The van der Waals surface area contributed by atoms with Crippen LogP contribution in [0.25, 0.3) is 0 Å². The summed E-state index contributed by atoms with van der Waals surface area (Å²) in [5.74, 6) is -58.3. The molecule has 0 aromatic heterocycles. The third-order valence-electron chi connectivity index (χ3n) is 4.90. The minimum Gasteiger partial charge on any atom is -0.492 e. The van der Waals surface area contributed by atoms with Gasteiger partial charge in [0.05, 0.1) is 29.7 Å². The first-order chi connectivity index (χ1) is 17.6. The molecule has 1 aromatic carbocycles. The number of benzene rings is 1. The van der Waals surface area contributed by atoms with E-state index in [2.05, 4.69) is 25.4 Å². The summed E-state index contributed by atoms with van der Waals surface area (Å²) in [6.07, 6.45) is -10.6. The average Bonchev–Trinajstić information content (AvgIpc) is 2.78. The molecule has 0 amide bonds. The van der Waals surface area contributed by atoms with E-state index in [0.717, 1.165) is 18.2 Å². The number of hydrogen-bond donors (Lipinski definition) is 0. The first-order valence-corrected chi connectivity index (χ1v) is 10.7. The maximum atomic E-state index is 13.9. The van der Waals surface area contributed by atoms with E-state index in [4.69, 9.17) is 0 Å². The summed E-state index contributed by atoms with van der Waals surface area (Å²) in [5, 5.41) is 0. The van der Waals surface area contributed by atoms with E-state index in [-0.39, 0.29) is 16.6 Å². The molecule has 21 heteroatoms. The van der Waals surface area contributed by atoms with Gasteiger partial charge in [-0.1, -0.05) is 0 Å². The van der Waals surface area contributed by atoms with E-state index in [9.17, 15) is 79.4 Å². The van der Waals surface area contributed by atoms with E-state index < -0.39 is 72.4 Å². The van der Waals surface area contributed by atoms with E-state index in [1.165, 1.54) is 6.92 Å². The Bertz CT molecular complexity index is 1070. The number of esters is 1. The van der Waals surface area contributed by atoms with Gasteiger partial charge in [-0.3, -0.25) is 0 Å². The second kappa shape index (κ2) is 10.9. The number of alkyl halides is 17. The van der Waals surface area contributed by atoms with Crippen molar-refractivity contribution in [1.29, 1.82) is 0 Å². The zero-order valence-corrected chi connectivity index (χ0v) is 20.5. The lowest BCUT2D eigenvalue weighted by Crippen LogP contribution is -2.74. The Morgan fingerprint density at radius 3 is 1.52 bits per heavy atom. The van der Waals surface area contributed by atoms with Gasteiger partial charge in [-0.15, -0.1) is 0 Å². The highest BCUT2D eigenvalue weighted by molar-refractivity contribution is 9.10. The summed E-state index contributed by atoms with van der Waals surface area (Å²) < 4.78 is 234. The molecule has 0 radical (unpaired) electrons. The van der Waals surface area contributed by atoms with Crippen LogP contribution in [0.2, 0.25) is 0 Å². The van der Waals surface area contributed by atoms with E-state index in [1.54, 1.807) is 0 Å². The van der Waals surface area contributed by atoms with Crippen LogP contribution in [0.3, 0.4) is 0 Å². The summed E-state index contributed by atoms with van der Waals surface area (Å²) in [6.45, 7) is -0.486. The number of halogens is 18. The highest BCUT2D eigenvalue weighted by Gasteiger charge is 2.95. The van der Waals surface area contributed by atoms with Crippen LogP contribution in [-0.4, -0.2) is 66.8 Å². The maximum Gasteiger partial charge on any atom is 0.460 e. The number of carbonyl (C=O) groups is 1. The van der Waals surface area contributed by atoms with Gasteiger partial charge in [0.1, 0.15) is 5.75 Å². The molecule has 0 aliphatic heterocycles. The van der Waals surface area contributed by atoms with Crippen LogP contribution in [-0.2, 0) is 4.74 Å². The summed E-state index contributed by atoms with van der Waals surface area (Å²) in [4.78, 5) is 11.6. The fourth-order valence-corrected chi connectivity index (χ4v) is 3.10. The minimum absolute atomic E-state index is 0.0873. The lowest BCUT2D eigenvalue weighted by Gasteiger charge is -2.42. The van der Waals surface area contributed by atoms with Crippen molar-refractivity contribution in [2.45, 2.75) is 61.0 Å². The quantitative estimate of drug-likeness (QED) is 0.163. The smallest absolute Gasteiger partial charge is 0.460 e. The number of rotatable bonds is 12. The molecular formula is C19H12BrF17O3. The molecule has 232 valence electrons. The van der Waals surface area contributed by atoms with Crippen molar-refractivity contribution in [1.82, 2.24) is 0 Å². The van der Waals surface area contributed by atoms with Crippen LogP contribution in [0, 0.1) is 0 Å². The largest absolute Gasteiger partial charge is 0.492 e. The van der Waals surface area contributed by atoms with Crippen LogP contribution >= 0.6 is 15.9 Å². The molecule has 0 N–H and O–H groups in total. The highest BCUT2D eigenvalue weighted by atomic mass is 79.9. The van der Waals surface area contributed by atoms with E-state index >= 15 is 0 Å². The van der Waals surface area contributed by atoms with Crippen LogP contribution in [0.4, 0.5) is 74.6 Å². The molecule has 0 saturated heterocycles. The van der Waals surface area contributed by atoms with Gasteiger partial charge in [-0.25, -0.2) is 4.79 Å². The van der Waals surface area contributed by atoms with E-state index in [1.807, 2.05) is 0 Å². The third kappa shape index (κ3) is 5.62. The van der Waals surface area contributed by atoms with Crippen LogP contribution in [0.1, 0.15) is 23.7 Å². The second-order valence-electron chi connectivity index (χ2n) is 7.61. The van der Waals surface area contributed by atoms with Crippen molar-refractivity contribution in [3.05, 3.63) is 28.2 Å². The Morgan fingerprint density at radius 1 is 0.700 bits per heavy atom. The fourth-order valence-electron chi connectivity index (χ4n) is 2.60. The van der Waals surface area contributed by atoms with Gasteiger partial charge >= 0.3 is 53.6 Å². The highest BCUT2D eigenvalue weighted by Crippen LogP contribution is 2.64. The molecule has 0 atom stereocenters. The number of carbonyl (C=O) groups excluding carboxylic acids is 1. The summed E-state index contributed by atoms with van der Waals surface area (Å²) in [5.41, 5.74) is -0.186. The fraction of sp³-hybridized carbons (Fsp3) is 0.632. The van der Waals surface area contributed by atoms with Gasteiger partial charge in [0, 0.05) is 0 Å². The first-order valence-electron chi connectivity index (χ1n) is 9.89. The lowest BCUT2D eigenvalue weighted by atomic mass is 9.88. The number of hydrogen-bond acceptors (Lipinski definition) is 3. The number of ether oxygens (including phenoxy) is 2. The second-order valence-corrected chi connectivity index (χ2v) is 8.47. The topological polar surface area (TPSA) is 35.5 Å². The summed E-state index contributed by atoms with van der Waals surface area (Å²) in [7, 11) is 0. The predicted molar refractivity (Wildman–Crippen MR) is 101 cm³/mol. The van der Waals surface area contributed by atoms with Gasteiger partial charge in [-0.05, 0) is 41.1 Å². The van der Waals surface area contributed by atoms with Crippen molar-refractivity contribution in [2.24, 2.45) is 0 Å². The Kier molecular flexibility index (Phi) is 9.74. The summed E-state index contributed by atoms with van der Waals surface area (Å²) >= 11 is 2.73. The maximum absolute atomic E-state index is 13.9. The van der Waals surface area contributed by atoms with Crippen LogP contribution in [0.5, 0.6) is 5.75 Å². The van der Waals surface area contributed by atoms with E-state index in [0.29, 0.717) is 0 Å². The first kappa shape index (κ1) is 35.8. The van der Waals surface area contributed by atoms with Crippen LogP contribution in [0.15, 0.2) is 22.7 Å². The molecule has 1 aromatic rings. The SMILES string of the molecule is CCOC(=O)c1ccc(OCCC(F)(F)C(F)(F)C(F)(F)C(F)(F)C(F)(F)C(F)(F)C(F)(F)C(F)(F)F)c(Br)c1. The molecule has 0 aliphatic rings. The van der Waals surface area contributed by atoms with Gasteiger partial charge in [-0.2, -0.15) is 74.6 Å². The predicted octanol–water partition coefficient (Wildman–Crippen LogP) is 8.40. The third-order valence-corrected chi connectivity index (χ3v) is 5.52. The monoisotopic (exact) mass is 690 g/mol. The molecule has 0 spiro atoms. The molecule has 40 heavy (non-hydrogen) atoms. The molecular weight excluding hydrogens is 679 g/mol. The molecule has 0 bridgehead atoms. The van der Waals surface area contributed by atoms with Gasteiger partial charge in [0.25, 0.3) is 0 Å². The Labute approximate surface area is 219 Å². The molecule has 0 unspecified atom stereocenters. The van der Waals surface area contributed by atoms with Crippen molar-refractivity contribution in [3.63, 3.8) is 0 Å². The molecule has 0 fully saturated rings. The average molecular weight is 691 g/mol. The molecule has 0 aliphatic carbocycles. The zero-order valence-electron chi connectivity index (χ0n) is 18.9.